The van der Waals surface area contributed by atoms with Crippen molar-refractivity contribution in [2.24, 2.45) is 0 Å². The summed E-state index contributed by atoms with van der Waals surface area (Å²) >= 11 is 0. The van der Waals surface area contributed by atoms with E-state index in [-0.39, 0.29) is 29.7 Å². The molecule has 2 amide bonds. The molecule has 0 fully saturated rings. The third-order valence-corrected chi connectivity index (χ3v) is 4.93. The molecule has 30 heavy (non-hydrogen) atoms. The van der Waals surface area contributed by atoms with Gasteiger partial charge in [0.1, 0.15) is 5.82 Å². The van der Waals surface area contributed by atoms with Gasteiger partial charge in [-0.05, 0) is 36.2 Å². The molecule has 1 aliphatic rings. The van der Waals surface area contributed by atoms with Crippen LogP contribution in [0.1, 0.15) is 30.4 Å². The minimum atomic E-state index is -0.929. The number of fused-ring (bicyclic) bond motifs is 1. The molecule has 0 unspecified atom stereocenters. The summed E-state index contributed by atoms with van der Waals surface area (Å²) in [4.78, 5) is 44.8. The van der Waals surface area contributed by atoms with Crippen molar-refractivity contribution in [3.8, 4) is 0 Å². The van der Waals surface area contributed by atoms with Crippen molar-refractivity contribution in [1.29, 1.82) is 0 Å². The fourth-order valence-corrected chi connectivity index (χ4v) is 3.37. The molecule has 2 heterocycles. The highest BCUT2D eigenvalue weighted by Gasteiger charge is 2.34. The number of aromatic nitrogens is 2. The van der Waals surface area contributed by atoms with E-state index in [4.69, 9.17) is 0 Å². The van der Waals surface area contributed by atoms with Crippen LogP contribution in [0.25, 0.3) is 0 Å². The van der Waals surface area contributed by atoms with Crippen LogP contribution in [-0.2, 0) is 16.0 Å². The lowest BCUT2D eigenvalue weighted by Crippen LogP contribution is -2.36. The Morgan fingerprint density at radius 2 is 1.80 bits per heavy atom. The summed E-state index contributed by atoms with van der Waals surface area (Å²) in [5.41, 5.74) is 2.16. The Morgan fingerprint density at radius 3 is 2.50 bits per heavy atom. The number of aryl methyl sites for hydroxylation is 1. The first kappa shape index (κ1) is 19.4. The van der Waals surface area contributed by atoms with Crippen molar-refractivity contribution >= 4 is 35.0 Å². The Bertz CT molecular complexity index is 1140. The van der Waals surface area contributed by atoms with Crippen LogP contribution in [0.5, 0.6) is 0 Å². The zero-order valence-electron chi connectivity index (χ0n) is 16.4. The van der Waals surface area contributed by atoms with Gasteiger partial charge in [0.05, 0.1) is 11.5 Å². The van der Waals surface area contributed by atoms with E-state index in [1.54, 1.807) is 12.1 Å². The van der Waals surface area contributed by atoms with Crippen molar-refractivity contribution in [2.45, 2.75) is 25.7 Å². The number of carbonyl (C=O) groups excluding carboxylic acids is 2. The number of benzene rings is 2. The summed E-state index contributed by atoms with van der Waals surface area (Å²) in [5.74, 6) is -1.45. The van der Waals surface area contributed by atoms with Crippen LogP contribution in [0.3, 0.4) is 0 Å². The second kappa shape index (κ2) is 8.20. The van der Waals surface area contributed by atoms with Crippen LogP contribution >= 0.6 is 0 Å². The fraction of sp³-hybridized carbons (Fsp3) is 0.182. The largest absolute Gasteiger partial charge is 0.326 e. The molecule has 0 saturated heterocycles. The Labute approximate surface area is 172 Å². The van der Waals surface area contributed by atoms with Crippen molar-refractivity contribution in [1.82, 2.24) is 9.97 Å². The van der Waals surface area contributed by atoms with Gasteiger partial charge in [-0.2, -0.15) is 4.98 Å². The number of H-pyrrole nitrogens is 1. The number of rotatable bonds is 5. The van der Waals surface area contributed by atoms with Gasteiger partial charge in [0.15, 0.2) is 0 Å². The highest BCUT2D eigenvalue weighted by atomic mass is 16.2. The number of aromatic amines is 1. The maximum Gasteiger partial charge on any atom is 0.258 e. The molecular formula is C22H21N5O3. The number of nitrogens with zero attached hydrogens (tertiary/aromatic N) is 1. The van der Waals surface area contributed by atoms with Gasteiger partial charge in [-0.3, -0.25) is 19.4 Å². The van der Waals surface area contributed by atoms with Crippen molar-refractivity contribution < 1.29 is 9.59 Å². The summed E-state index contributed by atoms with van der Waals surface area (Å²) in [6.45, 7) is 2.05. The van der Waals surface area contributed by atoms with Crippen LogP contribution in [0.2, 0.25) is 0 Å². The smallest absolute Gasteiger partial charge is 0.258 e. The number of hydrogen-bond acceptors (Lipinski definition) is 5. The molecule has 0 radical (unpaired) electrons. The lowest BCUT2D eigenvalue weighted by Gasteiger charge is -2.23. The molecule has 1 aromatic heterocycles. The molecule has 0 saturated carbocycles. The standard InChI is InChI=1S/C22H21N5O3/c1-2-13-8-10-15(11-9-13)23-20(29)16-12-17(28)25-19-18(16)21(30)27-22(26-19)24-14-6-4-3-5-7-14/h3-11,16H,2,12H2,1H3,(H,23,29)(H3,24,25,26,27,28,30)/t16-/m1/s1. The van der Waals surface area contributed by atoms with E-state index in [0.717, 1.165) is 17.7 Å². The molecule has 2 aromatic carbocycles. The summed E-state index contributed by atoms with van der Waals surface area (Å²) in [6.07, 6.45) is 0.771. The van der Waals surface area contributed by atoms with E-state index in [1.807, 2.05) is 49.4 Å². The average molecular weight is 403 g/mol. The monoisotopic (exact) mass is 403 g/mol. The number of anilines is 4. The zero-order valence-corrected chi connectivity index (χ0v) is 16.4. The molecule has 4 N–H and O–H groups in total. The van der Waals surface area contributed by atoms with E-state index in [9.17, 15) is 14.4 Å². The van der Waals surface area contributed by atoms with Gasteiger partial charge in [-0.15, -0.1) is 0 Å². The highest BCUT2D eigenvalue weighted by molar-refractivity contribution is 6.04. The molecular weight excluding hydrogens is 382 g/mol. The third-order valence-electron chi connectivity index (χ3n) is 4.93. The molecule has 0 aliphatic carbocycles. The number of hydrogen-bond donors (Lipinski definition) is 4. The van der Waals surface area contributed by atoms with E-state index < -0.39 is 17.4 Å². The average Bonchev–Trinajstić information content (AvgIpc) is 2.74. The summed E-state index contributed by atoms with van der Waals surface area (Å²) < 4.78 is 0. The lowest BCUT2D eigenvalue weighted by molar-refractivity contribution is -0.123. The van der Waals surface area contributed by atoms with Crippen LogP contribution in [0, 0.1) is 0 Å². The maximum atomic E-state index is 12.9. The highest BCUT2D eigenvalue weighted by Crippen LogP contribution is 2.30. The minimum Gasteiger partial charge on any atom is -0.326 e. The fourth-order valence-electron chi connectivity index (χ4n) is 3.37. The van der Waals surface area contributed by atoms with Crippen molar-refractivity contribution in [2.75, 3.05) is 16.0 Å². The van der Waals surface area contributed by atoms with Crippen molar-refractivity contribution in [3.05, 3.63) is 76.1 Å². The van der Waals surface area contributed by atoms with E-state index in [1.165, 1.54) is 0 Å². The third kappa shape index (κ3) is 4.07. The predicted octanol–water partition coefficient (Wildman–Crippen LogP) is 3.14. The minimum absolute atomic E-state index is 0.0925. The van der Waals surface area contributed by atoms with Gasteiger partial charge in [-0.25, -0.2) is 0 Å². The molecule has 0 bridgehead atoms. The Morgan fingerprint density at radius 1 is 1.07 bits per heavy atom. The van der Waals surface area contributed by atoms with Crippen LogP contribution < -0.4 is 21.5 Å². The number of carbonyl (C=O) groups is 2. The molecule has 1 aliphatic heterocycles. The van der Waals surface area contributed by atoms with Crippen LogP contribution in [0.15, 0.2) is 59.4 Å². The molecule has 152 valence electrons. The molecule has 8 heteroatoms. The summed E-state index contributed by atoms with van der Waals surface area (Å²) in [5, 5.41) is 8.38. The van der Waals surface area contributed by atoms with Crippen molar-refractivity contribution in [3.63, 3.8) is 0 Å². The van der Waals surface area contributed by atoms with Gasteiger partial charge in [0, 0.05) is 17.8 Å². The number of para-hydroxylation sites is 1. The Hall–Kier alpha value is -3.94. The van der Waals surface area contributed by atoms with Crippen LogP contribution in [-0.4, -0.2) is 21.8 Å². The number of amides is 2. The van der Waals surface area contributed by atoms with E-state index >= 15 is 0 Å². The second-order valence-electron chi connectivity index (χ2n) is 7.01. The SMILES string of the molecule is CCc1ccc(NC(=O)[C@@H]2CC(=O)Nc3nc(Nc4ccccc4)[nH]c(=O)c32)cc1. The van der Waals surface area contributed by atoms with Gasteiger partial charge >= 0.3 is 0 Å². The lowest BCUT2D eigenvalue weighted by atomic mass is 9.92. The Balaban J connectivity index is 1.61. The van der Waals surface area contributed by atoms with Crippen LogP contribution in [0.4, 0.5) is 23.1 Å². The van der Waals surface area contributed by atoms with Gasteiger partial charge in [0.2, 0.25) is 17.8 Å². The zero-order chi connectivity index (χ0) is 21.1. The maximum absolute atomic E-state index is 12.9. The first-order valence-corrected chi connectivity index (χ1v) is 9.69. The molecule has 4 rings (SSSR count). The summed E-state index contributed by atoms with van der Waals surface area (Å²) in [6, 6.07) is 16.6. The first-order chi connectivity index (χ1) is 14.5. The molecule has 3 aromatic rings. The predicted molar refractivity (Wildman–Crippen MR) is 115 cm³/mol. The first-order valence-electron chi connectivity index (χ1n) is 9.69. The van der Waals surface area contributed by atoms with E-state index in [0.29, 0.717) is 5.69 Å². The summed E-state index contributed by atoms with van der Waals surface area (Å²) in [7, 11) is 0. The van der Waals surface area contributed by atoms with Gasteiger partial charge in [-0.1, -0.05) is 37.3 Å². The quantitative estimate of drug-likeness (QED) is 0.522. The number of nitrogens with one attached hydrogen (secondary N) is 4. The molecule has 0 spiro atoms. The molecule has 1 atom stereocenters. The van der Waals surface area contributed by atoms with Gasteiger partial charge < -0.3 is 16.0 Å². The topological polar surface area (TPSA) is 116 Å². The normalized spacial score (nSPS) is 15.1. The Kier molecular flexibility index (Phi) is 5.30. The van der Waals surface area contributed by atoms with Gasteiger partial charge in [0.25, 0.3) is 5.56 Å². The second-order valence-corrected chi connectivity index (χ2v) is 7.01. The molecule has 8 nitrogen and oxygen atoms in total. The van der Waals surface area contributed by atoms with E-state index in [2.05, 4.69) is 25.9 Å².